The zero-order valence-corrected chi connectivity index (χ0v) is 17.5. The first-order valence-corrected chi connectivity index (χ1v) is 8.08. The Labute approximate surface area is 166 Å². The summed E-state index contributed by atoms with van der Waals surface area (Å²) in [4.78, 5) is 8.41. The fraction of sp³-hybridized carbons (Fsp3) is 0.471. The molecule has 138 valence electrons. The molecule has 1 heterocycles. The van der Waals surface area contributed by atoms with Crippen molar-refractivity contribution < 1.29 is 4.74 Å². The molecule has 25 heavy (non-hydrogen) atoms. The molecule has 2 N–H and O–H groups in total. The average Bonchev–Trinajstić information content (AvgIpc) is 2.99. The van der Waals surface area contributed by atoms with Gasteiger partial charge in [-0.05, 0) is 12.0 Å². The Morgan fingerprint density at radius 2 is 1.96 bits per heavy atom. The van der Waals surface area contributed by atoms with Crippen molar-refractivity contribution >= 4 is 29.9 Å². The van der Waals surface area contributed by atoms with Crippen LogP contribution in [0.1, 0.15) is 25.2 Å². The molecular formula is C17H27IN6O. The highest BCUT2D eigenvalue weighted by Crippen LogP contribution is 2.18. The summed E-state index contributed by atoms with van der Waals surface area (Å²) in [6.45, 7) is 6.17. The van der Waals surface area contributed by atoms with Gasteiger partial charge in [0.15, 0.2) is 5.96 Å². The van der Waals surface area contributed by atoms with Gasteiger partial charge in [0.05, 0.1) is 13.2 Å². The molecule has 0 aliphatic rings. The highest BCUT2D eigenvalue weighted by atomic mass is 127. The van der Waals surface area contributed by atoms with Crippen molar-refractivity contribution in [2.45, 2.75) is 26.9 Å². The third-order valence-corrected chi connectivity index (χ3v) is 3.43. The van der Waals surface area contributed by atoms with Crippen LogP contribution in [0.15, 0.2) is 35.6 Å². The second-order valence-electron chi connectivity index (χ2n) is 5.89. The van der Waals surface area contributed by atoms with E-state index in [1.807, 2.05) is 25.2 Å². The molecule has 0 spiro atoms. The Kier molecular flexibility index (Phi) is 9.25. The molecule has 0 saturated carbocycles. The number of guanidine groups is 1. The van der Waals surface area contributed by atoms with E-state index in [1.165, 1.54) is 6.33 Å². The van der Waals surface area contributed by atoms with Crippen LogP contribution in [0, 0.1) is 5.92 Å². The molecule has 0 bridgehead atoms. The molecule has 2 rings (SSSR count). The minimum absolute atomic E-state index is 0. The van der Waals surface area contributed by atoms with Gasteiger partial charge >= 0.3 is 0 Å². The Hall–Kier alpha value is -1.84. The van der Waals surface area contributed by atoms with E-state index in [1.54, 1.807) is 11.7 Å². The zero-order valence-electron chi connectivity index (χ0n) is 15.2. The number of para-hydroxylation sites is 1. The zero-order chi connectivity index (χ0) is 17.4. The van der Waals surface area contributed by atoms with Crippen LogP contribution >= 0.6 is 24.0 Å². The van der Waals surface area contributed by atoms with Gasteiger partial charge in [0.1, 0.15) is 17.9 Å². The van der Waals surface area contributed by atoms with Crippen LogP contribution in [0.5, 0.6) is 5.75 Å². The van der Waals surface area contributed by atoms with E-state index < -0.39 is 0 Å². The van der Waals surface area contributed by atoms with Crippen molar-refractivity contribution in [3.05, 3.63) is 42.0 Å². The topological polar surface area (TPSA) is 76.4 Å². The number of aryl methyl sites for hydroxylation is 1. The third-order valence-electron chi connectivity index (χ3n) is 3.43. The summed E-state index contributed by atoms with van der Waals surface area (Å²) in [7, 11) is 3.61. The van der Waals surface area contributed by atoms with Crippen LogP contribution < -0.4 is 15.4 Å². The minimum atomic E-state index is 0. The first-order valence-electron chi connectivity index (χ1n) is 8.08. The number of nitrogens with zero attached hydrogens (tertiary/aromatic N) is 4. The van der Waals surface area contributed by atoms with Crippen LogP contribution in [-0.4, -0.2) is 34.4 Å². The summed E-state index contributed by atoms with van der Waals surface area (Å²) in [6, 6.07) is 8.04. The number of hydrogen-bond acceptors (Lipinski definition) is 4. The molecule has 0 amide bonds. The van der Waals surface area contributed by atoms with Gasteiger partial charge in [-0.3, -0.25) is 9.67 Å². The quantitative estimate of drug-likeness (QED) is 0.379. The first-order chi connectivity index (χ1) is 11.6. The van der Waals surface area contributed by atoms with Crippen molar-refractivity contribution in [2.75, 3.05) is 13.7 Å². The molecule has 1 aromatic carbocycles. The Morgan fingerprint density at radius 3 is 2.60 bits per heavy atom. The molecule has 8 heteroatoms. The second kappa shape index (κ2) is 10.9. The van der Waals surface area contributed by atoms with Crippen LogP contribution in [0.3, 0.4) is 0 Å². The predicted octanol–water partition coefficient (Wildman–Crippen LogP) is 2.33. The fourth-order valence-electron chi connectivity index (χ4n) is 2.09. The smallest absolute Gasteiger partial charge is 0.191 e. The Bertz CT molecular complexity index is 671. The van der Waals surface area contributed by atoms with Crippen molar-refractivity contribution in [2.24, 2.45) is 18.0 Å². The highest BCUT2D eigenvalue weighted by Gasteiger charge is 2.06. The minimum Gasteiger partial charge on any atom is -0.493 e. The number of hydrogen-bond donors (Lipinski definition) is 2. The van der Waals surface area contributed by atoms with Crippen LogP contribution in [0.4, 0.5) is 0 Å². The second-order valence-corrected chi connectivity index (χ2v) is 5.89. The van der Waals surface area contributed by atoms with Gasteiger partial charge in [0, 0.05) is 26.2 Å². The van der Waals surface area contributed by atoms with E-state index in [9.17, 15) is 0 Å². The lowest BCUT2D eigenvalue weighted by Gasteiger charge is -2.15. The Balaban J connectivity index is 0.00000312. The number of ether oxygens (including phenoxy) is 1. The van der Waals surface area contributed by atoms with Crippen LogP contribution in [0.25, 0.3) is 0 Å². The lowest BCUT2D eigenvalue weighted by molar-refractivity contribution is 0.268. The van der Waals surface area contributed by atoms with Crippen molar-refractivity contribution in [3.63, 3.8) is 0 Å². The van der Waals surface area contributed by atoms with Gasteiger partial charge < -0.3 is 15.4 Å². The average molecular weight is 458 g/mol. The van der Waals surface area contributed by atoms with Crippen LogP contribution in [0.2, 0.25) is 0 Å². The lowest BCUT2D eigenvalue weighted by Crippen LogP contribution is -2.37. The molecule has 0 atom stereocenters. The number of benzene rings is 1. The number of rotatable bonds is 7. The predicted molar refractivity (Wildman–Crippen MR) is 110 cm³/mol. The van der Waals surface area contributed by atoms with E-state index in [0.717, 1.165) is 17.1 Å². The summed E-state index contributed by atoms with van der Waals surface area (Å²) < 4.78 is 7.61. The Morgan fingerprint density at radius 1 is 1.24 bits per heavy atom. The molecular weight excluding hydrogens is 431 g/mol. The van der Waals surface area contributed by atoms with E-state index in [4.69, 9.17) is 4.74 Å². The summed E-state index contributed by atoms with van der Waals surface area (Å²) in [5.74, 6) is 2.95. The first kappa shape index (κ1) is 21.2. The molecule has 7 nitrogen and oxygen atoms in total. The maximum absolute atomic E-state index is 5.88. The van der Waals surface area contributed by atoms with Gasteiger partial charge in [-0.25, -0.2) is 4.98 Å². The molecule has 1 aromatic heterocycles. The maximum atomic E-state index is 5.88. The van der Waals surface area contributed by atoms with E-state index >= 15 is 0 Å². The molecule has 0 unspecified atom stereocenters. The van der Waals surface area contributed by atoms with Crippen molar-refractivity contribution in [1.82, 2.24) is 25.4 Å². The summed E-state index contributed by atoms with van der Waals surface area (Å²) in [5, 5.41) is 10.6. The number of aliphatic imine (C=N–C) groups is 1. The van der Waals surface area contributed by atoms with Gasteiger partial charge in [0.25, 0.3) is 0 Å². The molecule has 0 fully saturated rings. The van der Waals surface area contributed by atoms with Gasteiger partial charge in [-0.1, -0.05) is 32.0 Å². The molecule has 0 radical (unpaired) electrons. The molecule has 0 saturated heterocycles. The molecule has 0 aliphatic heterocycles. The van der Waals surface area contributed by atoms with Crippen LogP contribution in [-0.2, 0) is 20.1 Å². The largest absolute Gasteiger partial charge is 0.493 e. The summed E-state index contributed by atoms with van der Waals surface area (Å²) in [6.07, 6.45) is 1.54. The van der Waals surface area contributed by atoms with Crippen molar-refractivity contribution in [3.8, 4) is 5.75 Å². The van der Waals surface area contributed by atoms with Gasteiger partial charge in [0.2, 0.25) is 0 Å². The lowest BCUT2D eigenvalue weighted by atomic mass is 10.2. The van der Waals surface area contributed by atoms with Gasteiger partial charge in [-0.15, -0.1) is 24.0 Å². The standard InChI is InChI=1S/C17H26N6O.HI/c1-13(2)11-24-15-8-6-5-7-14(15)9-19-17(18-3)20-10-16-21-12-22-23(16)4;/h5-8,12-13H,9-11H2,1-4H3,(H2,18,19,20);1H. The van der Waals surface area contributed by atoms with Gasteiger partial charge in [-0.2, -0.15) is 5.10 Å². The van der Waals surface area contributed by atoms with E-state index in [-0.39, 0.29) is 24.0 Å². The number of halogens is 1. The summed E-state index contributed by atoms with van der Waals surface area (Å²) >= 11 is 0. The SMILES string of the molecule is CN=C(NCc1ccccc1OCC(C)C)NCc1ncnn1C.I. The molecule has 2 aromatic rings. The monoisotopic (exact) mass is 458 g/mol. The third kappa shape index (κ3) is 6.89. The van der Waals surface area contributed by atoms with Crippen molar-refractivity contribution in [1.29, 1.82) is 0 Å². The highest BCUT2D eigenvalue weighted by molar-refractivity contribution is 14.0. The van der Waals surface area contributed by atoms with E-state index in [2.05, 4.69) is 45.6 Å². The van der Waals surface area contributed by atoms with E-state index in [0.29, 0.717) is 31.6 Å². The number of nitrogens with one attached hydrogen (secondary N) is 2. The number of aromatic nitrogens is 3. The summed E-state index contributed by atoms with van der Waals surface area (Å²) in [5.41, 5.74) is 1.10. The fourth-order valence-corrected chi connectivity index (χ4v) is 2.09. The molecule has 0 aliphatic carbocycles. The normalized spacial score (nSPS) is 11.2. The maximum Gasteiger partial charge on any atom is 0.191 e.